The molecule has 2 N–H and O–H groups in total. The lowest BCUT2D eigenvalue weighted by Gasteiger charge is -2.20. The number of rotatable bonds is 7. The number of amides is 1. The van der Waals surface area contributed by atoms with Gasteiger partial charge in [0.25, 0.3) is 0 Å². The zero-order chi connectivity index (χ0) is 23.5. The molecule has 0 bridgehead atoms. The van der Waals surface area contributed by atoms with Gasteiger partial charge in [0.1, 0.15) is 5.76 Å². The van der Waals surface area contributed by atoms with Gasteiger partial charge in [0, 0.05) is 28.9 Å². The molecule has 0 aliphatic carbocycles. The first-order chi connectivity index (χ1) is 16.6. The predicted molar refractivity (Wildman–Crippen MR) is 135 cm³/mol. The Morgan fingerprint density at radius 1 is 0.941 bits per heavy atom. The third-order valence-corrected chi connectivity index (χ3v) is 6.38. The summed E-state index contributed by atoms with van der Waals surface area (Å²) in [6, 6.07) is 29.1. The van der Waals surface area contributed by atoms with Gasteiger partial charge in [-0.05, 0) is 36.6 Å². The molecule has 1 atom stereocenters. The monoisotopic (exact) mass is 449 g/mol. The Morgan fingerprint density at radius 2 is 1.62 bits per heavy atom. The van der Waals surface area contributed by atoms with Crippen molar-refractivity contribution in [3.8, 4) is 11.3 Å². The van der Waals surface area contributed by atoms with Crippen LogP contribution in [0.1, 0.15) is 34.1 Å². The zero-order valence-electron chi connectivity index (χ0n) is 19.3. The van der Waals surface area contributed by atoms with Gasteiger partial charge in [0.2, 0.25) is 5.91 Å². The van der Waals surface area contributed by atoms with E-state index in [0.717, 1.165) is 39.0 Å². The Morgan fingerprint density at radius 3 is 2.32 bits per heavy atom. The molecule has 0 aliphatic heterocycles. The van der Waals surface area contributed by atoms with Crippen LogP contribution in [0.4, 0.5) is 0 Å². The van der Waals surface area contributed by atoms with Crippen LogP contribution in [0.25, 0.3) is 22.2 Å². The van der Waals surface area contributed by atoms with Crippen molar-refractivity contribution in [3.63, 3.8) is 0 Å². The molecule has 3 aromatic carbocycles. The molecular weight excluding hydrogens is 422 g/mol. The van der Waals surface area contributed by atoms with Crippen LogP contribution >= 0.6 is 0 Å². The largest absolute Gasteiger partial charge is 0.361 e. The maximum absolute atomic E-state index is 13.0. The van der Waals surface area contributed by atoms with E-state index < -0.39 is 0 Å². The highest BCUT2D eigenvalue weighted by Gasteiger charge is 2.24. The van der Waals surface area contributed by atoms with E-state index in [-0.39, 0.29) is 18.2 Å². The lowest BCUT2D eigenvalue weighted by Crippen LogP contribution is -2.30. The van der Waals surface area contributed by atoms with Crippen molar-refractivity contribution in [1.82, 2.24) is 15.5 Å². The van der Waals surface area contributed by atoms with Crippen molar-refractivity contribution in [1.29, 1.82) is 0 Å². The highest BCUT2D eigenvalue weighted by molar-refractivity contribution is 5.92. The third-order valence-electron chi connectivity index (χ3n) is 6.38. The van der Waals surface area contributed by atoms with Crippen LogP contribution in [-0.4, -0.2) is 22.6 Å². The van der Waals surface area contributed by atoms with Gasteiger partial charge < -0.3 is 14.8 Å². The maximum Gasteiger partial charge on any atom is 0.224 e. The molecule has 170 valence electrons. The molecule has 5 rings (SSSR count). The lowest BCUT2D eigenvalue weighted by molar-refractivity contribution is -0.120. The fourth-order valence-corrected chi connectivity index (χ4v) is 4.62. The SMILES string of the molecule is Cc1noc(C)c1CC(=O)NC[C@@H](c1ccccc1)c1c(-c2ccccc2)[nH]c2ccccc12. The number of hydrogen-bond donors (Lipinski definition) is 2. The van der Waals surface area contributed by atoms with Gasteiger partial charge in [-0.3, -0.25) is 4.79 Å². The minimum atomic E-state index is -0.0450. The van der Waals surface area contributed by atoms with E-state index in [1.165, 1.54) is 5.56 Å². The first kappa shape index (κ1) is 21.7. The van der Waals surface area contributed by atoms with Gasteiger partial charge in [-0.2, -0.15) is 0 Å². The second-order valence-corrected chi connectivity index (χ2v) is 8.57. The summed E-state index contributed by atoms with van der Waals surface area (Å²) in [5, 5.41) is 8.32. The number of carbonyl (C=O) groups excluding carboxylic acids is 1. The maximum atomic E-state index is 13.0. The van der Waals surface area contributed by atoms with E-state index in [2.05, 4.69) is 57.9 Å². The number of H-pyrrole nitrogens is 1. The first-order valence-corrected chi connectivity index (χ1v) is 11.5. The summed E-state index contributed by atoms with van der Waals surface area (Å²) >= 11 is 0. The number of aromatic nitrogens is 2. The van der Waals surface area contributed by atoms with Gasteiger partial charge in [0.15, 0.2) is 0 Å². The van der Waals surface area contributed by atoms with Crippen molar-refractivity contribution in [3.05, 3.63) is 113 Å². The van der Waals surface area contributed by atoms with Crippen LogP contribution in [0.15, 0.2) is 89.5 Å². The summed E-state index contributed by atoms with van der Waals surface area (Å²) < 4.78 is 5.23. The molecule has 2 aromatic heterocycles. The Labute approximate surface area is 198 Å². The molecule has 5 nitrogen and oxygen atoms in total. The van der Waals surface area contributed by atoms with Crippen molar-refractivity contribution >= 4 is 16.8 Å². The molecule has 0 aliphatic rings. The highest BCUT2D eigenvalue weighted by atomic mass is 16.5. The smallest absolute Gasteiger partial charge is 0.224 e. The molecular formula is C29H27N3O2. The second-order valence-electron chi connectivity index (χ2n) is 8.57. The number of aryl methyl sites for hydroxylation is 2. The molecule has 1 amide bonds. The fourth-order valence-electron chi connectivity index (χ4n) is 4.62. The van der Waals surface area contributed by atoms with Crippen molar-refractivity contribution in [2.24, 2.45) is 0 Å². The van der Waals surface area contributed by atoms with Crippen LogP contribution in [0.5, 0.6) is 0 Å². The Bertz CT molecular complexity index is 1400. The summed E-state index contributed by atoms with van der Waals surface area (Å²) in [6.07, 6.45) is 0.252. The van der Waals surface area contributed by atoms with Crippen LogP contribution in [0.2, 0.25) is 0 Å². The summed E-state index contributed by atoms with van der Waals surface area (Å²) in [7, 11) is 0. The van der Waals surface area contributed by atoms with Crippen LogP contribution in [0.3, 0.4) is 0 Å². The lowest BCUT2D eigenvalue weighted by atomic mass is 9.87. The van der Waals surface area contributed by atoms with E-state index in [1.54, 1.807) is 0 Å². The number of carbonyl (C=O) groups is 1. The molecule has 5 aromatic rings. The van der Waals surface area contributed by atoms with E-state index in [9.17, 15) is 4.79 Å². The van der Waals surface area contributed by atoms with Crippen molar-refractivity contribution in [2.75, 3.05) is 6.54 Å². The van der Waals surface area contributed by atoms with E-state index in [1.807, 2.05) is 56.3 Å². The molecule has 0 saturated heterocycles. The number of nitrogens with zero attached hydrogens (tertiary/aromatic N) is 1. The number of fused-ring (bicyclic) bond motifs is 1. The molecule has 0 saturated carbocycles. The predicted octanol–water partition coefficient (Wildman–Crippen LogP) is 5.93. The van der Waals surface area contributed by atoms with Gasteiger partial charge in [-0.1, -0.05) is 84.0 Å². The fraction of sp³-hybridized carbons (Fsp3) is 0.172. The molecule has 0 fully saturated rings. The Kier molecular flexibility index (Phi) is 6.00. The van der Waals surface area contributed by atoms with Crippen LogP contribution in [-0.2, 0) is 11.2 Å². The number of hydrogen-bond acceptors (Lipinski definition) is 3. The van der Waals surface area contributed by atoms with Gasteiger partial charge in [-0.15, -0.1) is 0 Å². The number of aromatic amines is 1. The summed E-state index contributed by atoms with van der Waals surface area (Å²) in [6.45, 7) is 4.19. The van der Waals surface area contributed by atoms with Crippen LogP contribution in [0, 0.1) is 13.8 Å². The summed E-state index contributed by atoms with van der Waals surface area (Å²) in [5.41, 5.74) is 7.24. The van der Waals surface area contributed by atoms with E-state index in [0.29, 0.717) is 12.3 Å². The summed E-state index contributed by atoms with van der Waals surface area (Å²) in [5.74, 6) is 0.618. The van der Waals surface area contributed by atoms with Crippen LogP contribution < -0.4 is 5.32 Å². The minimum Gasteiger partial charge on any atom is -0.361 e. The molecule has 0 spiro atoms. The Hall–Kier alpha value is -4.12. The number of nitrogens with one attached hydrogen (secondary N) is 2. The van der Waals surface area contributed by atoms with Gasteiger partial charge in [-0.25, -0.2) is 0 Å². The number of benzene rings is 3. The molecule has 0 radical (unpaired) electrons. The second kappa shape index (κ2) is 9.40. The van der Waals surface area contributed by atoms with Crippen molar-refractivity contribution < 1.29 is 9.32 Å². The van der Waals surface area contributed by atoms with Gasteiger partial charge >= 0.3 is 0 Å². The first-order valence-electron chi connectivity index (χ1n) is 11.5. The van der Waals surface area contributed by atoms with Gasteiger partial charge in [0.05, 0.1) is 17.8 Å². The molecule has 34 heavy (non-hydrogen) atoms. The van der Waals surface area contributed by atoms with E-state index in [4.69, 9.17) is 4.52 Å². The third kappa shape index (κ3) is 4.25. The molecule has 2 heterocycles. The quantitative estimate of drug-likeness (QED) is 0.323. The average molecular weight is 450 g/mol. The minimum absolute atomic E-state index is 0.0267. The highest BCUT2D eigenvalue weighted by Crippen LogP contribution is 2.38. The standard InChI is InChI=1S/C29H27N3O2/c1-19-24(20(2)34-32-19)17-27(33)30-18-25(21-11-5-3-6-12-21)28-23-15-9-10-16-26(23)31-29(28)22-13-7-4-8-14-22/h3-16,25,31H,17-18H2,1-2H3,(H,30,33)/t25-/m0/s1. The average Bonchev–Trinajstić information content (AvgIpc) is 3.41. The molecule has 0 unspecified atom stereocenters. The Balaban J connectivity index is 1.54. The molecule has 5 heteroatoms. The van der Waals surface area contributed by atoms with E-state index >= 15 is 0 Å². The summed E-state index contributed by atoms with van der Waals surface area (Å²) in [4.78, 5) is 16.6. The number of para-hydroxylation sites is 1. The zero-order valence-corrected chi connectivity index (χ0v) is 19.3. The van der Waals surface area contributed by atoms with Crippen molar-refractivity contribution in [2.45, 2.75) is 26.2 Å². The topological polar surface area (TPSA) is 70.9 Å². The normalized spacial score (nSPS) is 12.1.